The molecule has 126 valence electrons. The summed E-state index contributed by atoms with van der Waals surface area (Å²) in [7, 11) is 1.94. The van der Waals surface area contributed by atoms with E-state index in [0.717, 1.165) is 39.3 Å². The van der Waals surface area contributed by atoms with Crippen molar-refractivity contribution >= 4 is 16.6 Å². The van der Waals surface area contributed by atoms with E-state index in [1.54, 1.807) is 6.26 Å². The van der Waals surface area contributed by atoms with Crippen LogP contribution in [0.15, 0.2) is 65.4 Å². The topological polar surface area (TPSA) is 25.3 Å². The van der Waals surface area contributed by atoms with E-state index in [0.29, 0.717) is 5.69 Å². The number of pyridine rings is 1. The van der Waals surface area contributed by atoms with Gasteiger partial charge in [0.05, 0.1) is 12.1 Å². The molecule has 4 aromatic rings. The normalized spacial score (nSPS) is 10.8. The van der Waals surface area contributed by atoms with Crippen molar-refractivity contribution < 1.29 is 13.6 Å². The summed E-state index contributed by atoms with van der Waals surface area (Å²) in [6.07, 6.45) is 3.53. The summed E-state index contributed by atoms with van der Waals surface area (Å²) >= 11 is 0. The molecule has 0 spiro atoms. The van der Waals surface area contributed by atoms with E-state index < -0.39 is 0 Å². The van der Waals surface area contributed by atoms with Crippen LogP contribution in [0.3, 0.4) is 0 Å². The Bertz CT molecular complexity index is 1180. The molecule has 0 unspecified atom stereocenters. The van der Waals surface area contributed by atoms with Gasteiger partial charge in [0.1, 0.15) is 7.05 Å². The van der Waals surface area contributed by atoms with Crippen LogP contribution >= 0.6 is 0 Å². The number of para-hydroxylation sites is 1. The largest absolute Gasteiger partial charge is 0.406 e. The predicted octanol–water partition coefficient (Wildman–Crippen LogP) is 4.37. The fourth-order valence-electron chi connectivity index (χ4n) is 3.42. The molecule has 4 heteroatoms. The molecule has 0 aliphatic rings. The van der Waals surface area contributed by atoms with Gasteiger partial charge in [0.25, 0.3) is 0 Å². The zero-order valence-corrected chi connectivity index (χ0v) is 15.0. The van der Waals surface area contributed by atoms with E-state index in [1.807, 2.05) is 42.1 Å². The van der Waals surface area contributed by atoms with Gasteiger partial charge in [-0.1, -0.05) is 12.1 Å². The maximum absolute atomic E-state index is 7.54. The number of hydrogen-bond acceptors (Lipinski definition) is 1. The lowest BCUT2D eigenvalue weighted by Gasteiger charge is -2.09. The van der Waals surface area contributed by atoms with Crippen molar-refractivity contribution in [1.82, 2.24) is 0 Å². The third-order valence-electron chi connectivity index (χ3n) is 4.78. The first-order valence-corrected chi connectivity index (χ1v) is 8.46. The second-order valence-corrected chi connectivity index (χ2v) is 6.44. The Morgan fingerprint density at radius 2 is 1.85 bits per heavy atom. The summed E-state index contributed by atoms with van der Waals surface area (Å²) in [4.78, 5) is 3.69. The van der Waals surface area contributed by atoms with Gasteiger partial charge in [-0.15, -0.1) is 0 Å². The number of benzene rings is 2. The van der Waals surface area contributed by atoms with E-state index >= 15 is 0 Å². The lowest BCUT2D eigenvalue weighted by Crippen LogP contribution is -2.36. The summed E-state index contributed by atoms with van der Waals surface area (Å²) in [5.41, 5.74) is 5.83. The molecule has 0 saturated heterocycles. The lowest BCUT2D eigenvalue weighted by atomic mass is 10.0. The van der Waals surface area contributed by atoms with Crippen LogP contribution in [-0.4, -0.2) is 0 Å². The first kappa shape index (κ1) is 16.0. The quantitative estimate of drug-likeness (QED) is 0.393. The maximum Gasteiger partial charge on any atom is 0.379 e. The van der Waals surface area contributed by atoms with Gasteiger partial charge < -0.3 is 4.42 Å². The number of hydrogen-bond donors (Lipinski definition) is 0. The number of oxazole rings is 1. The van der Waals surface area contributed by atoms with Crippen LogP contribution in [0.25, 0.3) is 32.9 Å². The van der Waals surface area contributed by atoms with Crippen molar-refractivity contribution in [2.45, 2.75) is 13.8 Å². The van der Waals surface area contributed by atoms with Crippen LogP contribution in [0.5, 0.6) is 0 Å². The minimum Gasteiger partial charge on any atom is -0.406 e. The van der Waals surface area contributed by atoms with E-state index in [-0.39, 0.29) is 0 Å². The molecule has 4 rings (SSSR count). The molecule has 0 amide bonds. The zero-order chi connectivity index (χ0) is 18.3. The van der Waals surface area contributed by atoms with Gasteiger partial charge in [-0.3, -0.25) is 0 Å². The number of aryl methyl sites for hydroxylation is 2. The molecule has 0 N–H and O–H groups in total. The standard InChI is InChI=1S/C22H19N3O/c1-15-9-10-17-7-5-6-8-20(17)25(15)21-14-18(23-3)13-19(16(21)2)22-24(4)11-12-26-22/h5-14H,1-2,4H3/q+2. The molecule has 2 aromatic carbocycles. The van der Waals surface area contributed by atoms with E-state index in [2.05, 4.69) is 47.5 Å². The van der Waals surface area contributed by atoms with E-state index in [1.165, 1.54) is 0 Å². The van der Waals surface area contributed by atoms with Gasteiger partial charge in [0.15, 0.2) is 17.6 Å². The van der Waals surface area contributed by atoms with Crippen molar-refractivity contribution in [2.24, 2.45) is 7.05 Å². The molecule has 0 fully saturated rings. The fraction of sp³-hybridized carbons (Fsp3) is 0.136. The summed E-state index contributed by atoms with van der Waals surface area (Å²) < 4.78 is 9.84. The molecule has 0 atom stereocenters. The van der Waals surface area contributed by atoms with Crippen LogP contribution < -0.4 is 9.13 Å². The van der Waals surface area contributed by atoms with Crippen LogP contribution in [0.4, 0.5) is 5.69 Å². The molecular weight excluding hydrogens is 322 g/mol. The highest BCUT2D eigenvalue weighted by Gasteiger charge is 2.25. The molecule has 0 aliphatic carbocycles. The highest BCUT2D eigenvalue weighted by atomic mass is 16.3. The molecule has 0 radical (unpaired) electrons. The number of aromatic nitrogens is 2. The van der Waals surface area contributed by atoms with Crippen molar-refractivity contribution in [2.75, 3.05) is 0 Å². The predicted molar refractivity (Wildman–Crippen MR) is 100 cm³/mol. The van der Waals surface area contributed by atoms with Gasteiger partial charge in [0, 0.05) is 36.1 Å². The second-order valence-electron chi connectivity index (χ2n) is 6.44. The molecule has 0 aliphatic heterocycles. The Labute approximate surface area is 152 Å². The smallest absolute Gasteiger partial charge is 0.379 e. The summed E-state index contributed by atoms with van der Waals surface area (Å²) in [6, 6.07) is 16.4. The first-order chi connectivity index (χ1) is 12.6. The van der Waals surface area contributed by atoms with Gasteiger partial charge in [-0.25, -0.2) is 4.85 Å². The first-order valence-electron chi connectivity index (χ1n) is 8.46. The van der Waals surface area contributed by atoms with Crippen molar-refractivity contribution in [3.63, 3.8) is 0 Å². The minimum atomic E-state index is 0.594. The van der Waals surface area contributed by atoms with E-state index in [4.69, 9.17) is 11.0 Å². The van der Waals surface area contributed by atoms with Gasteiger partial charge in [0.2, 0.25) is 17.4 Å². The Hall–Kier alpha value is -3.45. The van der Waals surface area contributed by atoms with Crippen molar-refractivity contribution in [3.8, 4) is 17.1 Å². The van der Waals surface area contributed by atoms with Gasteiger partial charge in [-0.2, -0.15) is 9.13 Å². The minimum absolute atomic E-state index is 0.594. The average molecular weight is 341 g/mol. The van der Waals surface area contributed by atoms with Crippen molar-refractivity contribution in [3.05, 3.63) is 83.7 Å². The lowest BCUT2D eigenvalue weighted by molar-refractivity contribution is -0.662. The molecule has 2 heterocycles. The monoisotopic (exact) mass is 341 g/mol. The Balaban J connectivity index is 2.10. The Morgan fingerprint density at radius 1 is 1.04 bits per heavy atom. The van der Waals surface area contributed by atoms with Crippen LogP contribution in [0.1, 0.15) is 11.3 Å². The third-order valence-corrected chi connectivity index (χ3v) is 4.78. The van der Waals surface area contributed by atoms with Crippen LogP contribution in [-0.2, 0) is 7.05 Å². The number of fused-ring (bicyclic) bond motifs is 1. The summed E-state index contributed by atoms with van der Waals surface area (Å²) in [6.45, 7) is 11.7. The maximum atomic E-state index is 7.54. The second kappa shape index (κ2) is 6.12. The Kier molecular flexibility index (Phi) is 3.78. The van der Waals surface area contributed by atoms with Crippen molar-refractivity contribution in [1.29, 1.82) is 0 Å². The fourth-order valence-corrected chi connectivity index (χ4v) is 3.42. The average Bonchev–Trinajstić information content (AvgIpc) is 3.08. The highest BCUT2D eigenvalue weighted by molar-refractivity contribution is 5.77. The Morgan fingerprint density at radius 3 is 2.58 bits per heavy atom. The highest BCUT2D eigenvalue weighted by Crippen LogP contribution is 2.30. The molecule has 0 bridgehead atoms. The van der Waals surface area contributed by atoms with E-state index in [9.17, 15) is 0 Å². The number of rotatable bonds is 2. The summed E-state index contributed by atoms with van der Waals surface area (Å²) in [5, 5.41) is 1.16. The molecule has 0 saturated carbocycles. The molecule has 4 nitrogen and oxygen atoms in total. The van der Waals surface area contributed by atoms with Crippen LogP contribution in [0, 0.1) is 20.4 Å². The van der Waals surface area contributed by atoms with Crippen LogP contribution in [0.2, 0.25) is 0 Å². The summed E-state index contributed by atoms with van der Waals surface area (Å²) in [5.74, 6) is 0.743. The zero-order valence-electron chi connectivity index (χ0n) is 15.0. The van der Waals surface area contributed by atoms with Gasteiger partial charge in [-0.05, 0) is 25.1 Å². The van der Waals surface area contributed by atoms with Gasteiger partial charge >= 0.3 is 5.89 Å². The number of nitrogens with zero attached hydrogens (tertiary/aromatic N) is 3. The molecule has 26 heavy (non-hydrogen) atoms. The molecular formula is C22H19N3O+2. The molecule has 2 aromatic heterocycles. The SMILES string of the molecule is [C-]#[N+]c1cc(-c2occ[n+]2C)c(C)c(-[n+]2c(C)ccc3ccccc32)c1. The third kappa shape index (κ3) is 2.46.